The van der Waals surface area contributed by atoms with E-state index in [-0.39, 0.29) is 17.7 Å². The summed E-state index contributed by atoms with van der Waals surface area (Å²) in [6, 6.07) is 20.3. The van der Waals surface area contributed by atoms with Gasteiger partial charge in [-0.3, -0.25) is 4.79 Å². The van der Waals surface area contributed by atoms with Crippen LogP contribution in [0, 0.1) is 0 Å². The smallest absolute Gasteiger partial charge is 0.253 e. The van der Waals surface area contributed by atoms with E-state index in [2.05, 4.69) is 20.6 Å². The minimum atomic E-state index is -0.311. The Labute approximate surface area is 192 Å². The second-order valence-corrected chi connectivity index (χ2v) is 8.40. The zero-order valence-electron chi connectivity index (χ0n) is 16.7. The van der Waals surface area contributed by atoms with Crippen LogP contribution < -0.4 is 0 Å². The van der Waals surface area contributed by atoms with Gasteiger partial charge < -0.3 is 4.42 Å². The summed E-state index contributed by atoms with van der Waals surface area (Å²) in [7, 11) is 0. The number of hydrogen-bond donors (Lipinski definition) is 0. The molecule has 1 aliphatic heterocycles. The second-order valence-electron chi connectivity index (χ2n) is 7.02. The molecule has 1 unspecified atom stereocenters. The molecule has 0 aliphatic carbocycles. The maximum absolute atomic E-state index is 13.2. The molecule has 32 heavy (non-hydrogen) atoms. The van der Waals surface area contributed by atoms with E-state index >= 15 is 0 Å². The lowest BCUT2D eigenvalue weighted by Gasteiger charge is -2.19. The van der Waals surface area contributed by atoms with Gasteiger partial charge in [0, 0.05) is 11.4 Å². The molecule has 0 N–H and O–H groups in total. The first kappa shape index (κ1) is 20.5. The van der Waals surface area contributed by atoms with Gasteiger partial charge in [-0.2, -0.15) is 9.78 Å². The predicted molar refractivity (Wildman–Crippen MR) is 121 cm³/mol. The molecule has 1 amide bonds. The summed E-state index contributed by atoms with van der Waals surface area (Å²) in [5.74, 6) is 0.648. The van der Waals surface area contributed by atoms with E-state index in [1.54, 1.807) is 17.0 Å². The molecule has 8 nitrogen and oxygen atoms in total. The van der Waals surface area contributed by atoms with Crippen molar-refractivity contribution in [3.63, 3.8) is 0 Å². The fourth-order valence-electron chi connectivity index (χ4n) is 3.45. The van der Waals surface area contributed by atoms with Gasteiger partial charge in [0.25, 0.3) is 5.91 Å². The van der Waals surface area contributed by atoms with E-state index < -0.39 is 0 Å². The van der Waals surface area contributed by atoms with Crippen molar-refractivity contribution >= 4 is 35.0 Å². The van der Waals surface area contributed by atoms with Crippen molar-refractivity contribution in [1.82, 2.24) is 25.2 Å². The van der Waals surface area contributed by atoms with E-state index in [0.29, 0.717) is 22.4 Å². The first-order valence-corrected chi connectivity index (χ1v) is 11.2. The van der Waals surface area contributed by atoms with Crippen LogP contribution >= 0.6 is 23.4 Å². The van der Waals surface area contributed by atoms with E-state index in [0.717, 1.165) is 17.0 Å². The Bertz CT molecular complexity index is 1240. The predicted octanol–water partition coefficient (Wildman–Crippen LogP) is 4.38. The van der Waals surface area contributed by atoms with Crippen LogP contribution in [0.1, 0.15) is 23.8 Å². The molecule has 0 spiro atoms. The van der Waals surface area contributed by atoms with Gasteiger partial charge in [-0.25, -0.2) is 5.01 Å². The first-order valence-electron chi connectivity index (χ1n) is 9.84. The fraction of sp³-hybridized carbons (Fsp3) is 0.136. The summed E-state index contributed by atoms with van der Waals surface area (Å²) in [4.78, 5) is 13.2. The van der Waals surface area contributed by atoms with Crippen LogP contribution in [0.25, 0.3) is 5.69 Å². The van der Waals surface area contributed by atoms with E-state index in [9.17, 15) is 4.79 Å². The summed E-state index contributed by atoms with van der Waals surface area (Å²) in [5, 5.41) is 19.1. The molecule has 0 saturated carbocycles. The number of amides is 1. The van der Waals surface area contributed by atoms with Crippen LogP contribution in [-0.4, -0.2) is 42.6 Å². The van der Waals surface area contributed by atoms with Crippen molar-refractivity contribution < 1.29 is 9.21 Å². The zero-order valence-corrected chi connectivity index (χ0v) is 18.3. The molecular formula is C22H17ClN6O2S. The molecule has 3 heterocycles. The molecule has 10 heteroatoms. The number of hydrazone groups is 1. The van der Waals surface area contributed by atoms with Crippen molar-refractivity contribution in [2.45, 2.75) is 17.6 Å². The van der Waals surface area contributed by atoms with Crippen LogP contribution in [0.2, 0.25) is 5.02 Å². The highest BCUT2D eigenvalue weighted by molar-refractivity contribution is 7.99. The molecule has 2 aromatic heterocycles. The van der Waals surface area contributed by atoms with Crippen molar-refractivity contribution in [3.8, 4) is 5.69 Å². The molecule has 1 atom stereocenters. The van der Waals surface area contributed by atoms with Crippen molar-refractivity contribution in [2.75, 3.05) is 5.75 Å². The minimum Gasteiger partial charge on any atom is -0.467 e. The van der Waals surface area contributed by atoms with Crippen LogP contribution in [0.15, 0.2) is 87.7 Å². The third-order valence-electron chi connectivity index (χ3n) is 4.98. The lowest BCUT2D eigenvalue weighted by molar-refractivity contribution is -0.130. The number of benzene rings is 2. The van der Waals surface area contributed by atoms with Crippen molar-refractivity contribution in [1.29, 1.82) is 0 Å². The largest absolute Gasteiger partial charge is 0.467 e. The number of thioether (sulfide) groups is 1. The maximum atomic E-state index is 13.2. The Morgan fingerprint density at radius 1 is 1.09 bits per heavy atom. The van der Waals surface area contributed by atoms with Gasteiger partial charge in [-0.05, 0) is 52.4 Å². The lowest BCUT2D eigenvalue weighted by Crippen LogP contribution is -2.28. The molecule has 1 aliphatic rings. The SMILES string of the molecule is O=C(CSc1nnnn1-c1ccccc1)N1N=C(c2ccc(Cl)cc2)CC1c1ccco1. The Hall–Kier alpha value is -3.43. The highest BCUT2D eigenvalue weighted by Gasteiger charge is 2.35. The molecule has 2 aromatic carbocycles. The third kappa shape index (κ3) is 4.17. The fourth-order valence-corrected chi connectivity index (χ4v) is 4.32. The third-order valence-corrected chi connectivity index (χ3v) is 6.14. The van der Waals surface area contributed by atoms with Gasteiger partial charge in [-0.15, -0.1) is 5.10 Å². The summed E-state index contributed by atoms with van der Waals surface area (Å²) in [6.45, 7) is 0. The van der Waals surface area contributed by atoms with Crippen molar-refractivity contribution in [2.24, 2.45) is 5.10 Å². The number of rotatable bonds is 6. The number of carbonyl (C=O) groups excluding carboxylic acids is 1. The number of nitrogens with zero attached hydrogens (tertiary/aromatic N) is 6. The zero-order chi connectivity index (χ0) is 21.9. The quantitative estimate of drug-likeness (QED) is 0.393. The Kier molecular flexibility index (Phi) is 5.74. The average molecular weight is 465 g/mol. The van der Waals surface area contributed by atoms with Gasteiger partial charge in [0.1, 0.15) is 11.8 Å². The molecule has 0 bridgehead atoms. The number of carbonyl (C=O) groups is 1. The standard InChI is InChI=1S/C22H17ClN6O2S/c23-16-10-8-15(9-11-16)18-13-19(20-7-4-12-31-20)29(25-18)21(30)14-32-22-24-26-27-28(22)17-5-2-1-3-6-17/h1-12,19H,13-14H2. The maximum Gasteiger partial charge on any atom is 0.253 e. The van der Waals surface area contributed by atoms with E-state index in [1.165, 1.54) is 16.8 Å². The number of hydrogen-bond acceptors (Lipinski definition) is 7. The Morgan fingerprint density at radius 3 is 2.66 bits per heavy atom. The molecule has 0 radical (unpaired) electrons. The van der Waals surface area contributed by atoms with Gasteiger partial charge in [0.05, 0.1) is 23.4 Å². The number of aromatic nitrogens is 4. The normalized spacial score (nSPS) is 15.7. The summed E-state index contributed by atoms with van der Waals surface area (Å²) in [5.41, 5.74) is 2.54. The Morgan fingerprint density at radius 2 is 1.91 bits per heavy atom. The molecule has 160 valence electrons. The van der Waals surface area contributed by atoms with E-state index in [1.807, 2.05) is 60.7 Å². The van der Waals surface area contributed by atoms with E-state index in [4.69, 9.17) is 16.0 Å². The minimum absolute atomic E-state index is 0.127. The summed E-state index contributed by atoms with van der Waals surface area (Å²) >= 11 is 7.27. The lowest BCUT2D eigenvalue weighted by atomic mass is 10.0. The molecule has 0 fully saturated rings. The van der Waals surface area contributed by atoms with Crippen LogP contribution in [0.4, 0.5) is 0 Å². The highest BCUT2D eigenvalue weighted by atomic mass is 35.5. The van der Waals surface area contributed by atoms with Crippen LogP contribution in [-0.2, 0) is 4.79 Å². The monoisotopic (exact) mass is 464 g/mol. The van der Waals surface area contributed by atoms with Gasteiger partial charge in [0.15, 0.2) is 0 Å². The number of furan rings is 1. The highest BCUT2D eigenvalue weighted by Crippen LogP contribution is 2.34. The summed E-state index contributed by atoms with van der Waals surface area (Å²) in [6.07, 6.45) is 2.15. The molecular weight excluding hydrogens is 448 g/mol. The molecule has 4 aromatic rings. The van der Waals surface area contributed by atoms with Gasteiger partial charge in [-0.1, -0.05) is 53.7 Å². The molecule has 5 rings (SSSR count). The molecule has 0 saturated heterocycles. The van der Waals surface area contributed by atoms with Crippen LogP contribution in [0.3, 0.4) is 0 Å². The van der Waals surface area contributed by atoms with Gasteiger partial charge in [0.2, 0.25) is 5.16 Å². The number of halogens is 1. The van der Waals surface area contributed by atoms with Crippen LogP contribution in [0.5, 0.6) is 0 Å². The van der Waals surface area contributed by atoms with Crippen molar-refractivity contribution in [3.05, 3.63) is 89.3 Å². The van der Waals surface area contributed by atoms with Gasteiger partial charge >= 0.3 is 0 Å². The second kappa shape index (κ2) is 8.97. The average Bonchev–Trinajstić information content (AvgIpc) is 3.59. The number of para-hydroxylation sites is 1. The first-order chi connectivity index (χ1) is 15.7. The number of tetrazole rings is 1. The Balaban J connectivity index is 1.36. The topological polar surface area (TPSA) is 89.4 Å². The summed E-state index contributed by atoms with van der Waals surface area (Å²) < 4.78 is 7.20.